The molecule has 0 saturated heterocycles. The molecule has 0 spiro atoms. The first-order valence-electron chi connectivity index (χ1n) is 7.38. The van der Waals surface area contributed by atoms with Gasteiger partial charge in [0.1, 0.15) is 6.04 Å². The first-order chi connectivity index (χ1) is 11.6. The molecule has 1 atom stereocenters. The zero-order chi connectivity index (χ0) is 17.5. The second-order valence-electron chi connectivity index (χ2n) is 5.11. The summed E-state index contributed by atoms with van der Waals surface area (Å²) in [7, 11) is 2.82. The highest BCUT2D eigenvalue weighted by Gasteiger charge is 2.23. The number of nitrogen functional groups attached to an aromatic ring is 1. The van der Waals surface area contributed by atoms with Crippen molar-refractivity contribution in [1.29, 1.82) is 0 Å². The molecule has 2 aromatic rings. The van der Waals surface area contributed by atoms with Gasteiger partial charge in [0.2, 0.25) is 0 Å². The van der Waals surface area contributed by atoms with Gasteiger partial charge in [0.25, 0.3) is 5.91 Å². The van der Waals surface area contributed by atoms with Crippen LogP contribution in [0.4, 0.5) is 5.69 Å². The van der Waals surface area contributed by atoms with Crippen LogP contribution in [0.3, 0.4) is 0 Å². The van der Waals surface area contributed by atoms with Gasteiger partial charge >= 0.3 is 5.97 Å². The summed E-state index contributed by atoms with van der Waals surface area (Å²) in [5, 5.41) is 4.64. The molecule has 0 unspecified atom stereocenters. The Morgan fingerprint density at radius 3 is 2.71 bits per heavy atom. The van der Waals surface area contributed by atoms with Gasteiger partial charge in [-0.3, -0.25) is 4.79 Å². The predicted molar refractivity (Wildman–Crippen MR) is 93.9 cm³/mol. The molecule has 0 aliphatic heterocycles. The summed E-state index contributed by atoms with van der Waals surface area (Å²) in [6.45, 7) is 0.333. The summed E-state index contributed by atoms with van der Waals surface area (Å²) in [6.07, 6.45) is 0.332. The molecule has 1 heterocycles. The maximum Gasteiger partial charge on any atom is 0.328 e. The molecule has 0 fully saturated rings. The minimum atomic E-state index is -0.767. The molecule has 1 aromatic carbocycles. The summed E-state index contributed by atoms with van der Waals surface area (Å²) in [5.41, 5.74) is 7.61. The molecule has 1 amide bonds. The van der Waals surface area contributed by atoms with Crippen molar-refractivity contribution in [3.05, 3.63) is 41.3 Å². The summed E-state index contributed by atoms with van der Waals surface area (Å²) >= 11 is 1.51. The lowest BCUT2D eigenvalue weighted by Gasteiger charge is -2.17. The smallest absolute Gasteiger partial charge is 0.328 e. The van der Waals surface area contributed by atoms with E-state index in [1.807, 2.05) is 17.5 Å². The average molecular weight is 348 g/mol. The first-order valence-corrected chi connectivity index (χ1v) is 8.25. The number of hydrogen-bond acceptors (Lipinski definition) is 6. The monoisotopic (exact) mass is 348 g/mol. The van der Waals surface area contributed by atoms with Crippen LogP contribution in [0.5, 0.6) is 0 Å². The number of carbonyl (C=O) groups is 2. The maximum absolute atomic E-state index is 12.7. The Balaban J connectivity index is 2.27. The van der Waals surface area contributed by atoms with E-state index >= 15 is 0 Å². The van der Waals surface area contributed by atoms with Crippen molar-refractivity contribution in [2.45, 2.75) is 12.5 Å². The van der Waals surface area contributed by atoms with Crippen LogP contribution in [-0.2, 0) is 14.3 Å². The Labute approximate surface area is 144 Å². The first kappa shape index (κ1) is 18.0. The Bertz CT molecular complexity index is 701. The van der Waals surface area contributed by atoms with E-state index in [9.17, 15) is 9.59 Å². The number of hydrogen-bond donors (Lipinski definition) is 2. The molecule has 0 saturated carbocycles. The molecule has 24 heavy (non-hydrogen) atoms. The summed E-state index contributed by atoms with van der Waals surface area (Å²) < 4.78 is 9.72. The number of carbonyl (C=O) groups excluding carboxylic acids is 2. The molecule has 1 aromatic heterocycles. The molecule has 2 rings (SSSR count). The number of methoxy groups -OCH3 is 2. The van der Waals surface area contributed by atoms with Gasteiger partial charge in [-0.05, 0) is 29.6 Å². The minimum absolute atomic E-state index is 0.332. The summed E-state index contributed by atoms with van der Waals surface area (Å²) in [5.74, 6) is -0.863. The van der Waals surface area contributed by atoms with Crippen LogP contribution in [0.25, 0.3) is 10.4 Å². The molecule has 0 aliphatic carbocycles. The van der Waals surface area contributed by atoms with Gasteiger partial charge in [-0.1, -0.05) is 6.07 Å². The third-order valence-electron chi connectivity index (χ3n) is 3.48. The van der Waals surface area contributed by atoms with Crippen LogP contribution in [0, 0.1) is 0 Å². The van der Waals surface area contributed by atoms with Crippen LogP contribution < -0.4 is 11.1 Å². The molecule has 3 N–H and O–H groups in total. The van der Waals surface area contributed by atoms with E-state index in [4.69, 9.17) is 15.2 Å². The highest BCUT2D eigenvalue weighted by Crippen LogP contribution is 2.30. The van der Waals surface area contributed by atoms with E-state index in [0.717, 1.165) is 10.4 Å². The fraction of sp³-hybridized carbons (Fsp3) is 0.294. The zero-order valence-electron chi connectivity index (χ0n) is 13.6. The molecule has 0 aliphatic rings. The largest absolute Gasteiger partial charge is 0.467 e. The average Bonchev–Trinajstić information content (AvgIpc) is 3.12. The molecular weight excluding hydrogens is 328 g/mol. The number of benzene rings is 1. The van der Waals surface area contributed by atoms with Crippen LogP contribution in [0.2, 0.25) is 0 Å². The van der Waals surface area contributed by atoms with Gasteiger partial charge in [-0.25, -0.2) is 4.79 Å². The molecule has 0 bridgehead atoms. The number of ether oxygens (including phenoxy) is 2. The zero-order valence-corrected chi connectivity index (χ0v) is 14.4. The van der Waals surface area contributed by atoms with Gasteiger partial charge in [0, 0.05) is 41.8 Å². The lowest BCUT2D eigenvalue weighted by Crippen LogP contribution is -2.42. The Kier molecular flexibility index (Phi) is 6.34. The van der Waals surface area contributed by atoms with Crippen LogP contribution in [0.15, 0.2) is 35.7 Å². The van der Waals surface area contributed by atoms with Crippen molar-refractivity contribution >= 4 is 28.9 Å². The van der Waals surface area contributed by atoms with Crippen LogP contribution in [0.1, 0.15) is 16.8 Å². The molecule has 6 nitrogen and oxygen atoms in total. The van der Waals surface area contributed by atoms with Gasteiger partial charge in [0.15, 0.2) is 0 Å². The lowest BCUT2D eigenvalue weighted by molar-refractivity contribution is -0.143. The number of nitrogens with one attached hydrogen (secondary N) is 1. The molecule has 0 radical (unpaired) electrons. The van der Waals surface area contributed by atoms with E-state index in [-0.39, 0.29) is 5.91 Å². The third-order valence-corrected chi connectivity index (χ3v) is 4.38. The van der Waals surface area contributed by atoms with Crippen LogP contribution >= 0.6 is 11.3 Å². The Morgan fingerprint density at radius 1 is 1.29 bits per heavy atom. The van der Waals surface area contributed by atoms with Crippen LogP contribution in [-0.4, -0.2) is 38.7 Å². The van der Waals surface area contributed by atoms with Gasteiger partial charge in [0.05, 0.1) is 7.11 Å². The van der Waals surface area contributed by atoms with E-state index in [2.05, 4.69) is 5.32 Å². The Hall–Kier alpha value is -2.38. The standard InChI is InChI=1S/C17H20N2O4S/c1-22-8-7-14(17(21)23-2)19-16(20)12-6-5-11(18)10-13(12)15-4-3-9-24-15/h3-6,9-10,14H,7-8,18H2,1-2H3,(H,19,20)/t14-/m0/s1. The Morgan fingerprint density at radius 2 is 2.08 bits per heavy atom. The molecular formula is C17H20N2O4S. The van der Waals surface area contributed by atoms with Gasteiger partial charge in [-0.15, -0.1) is 11.3 Å². The normalized spacial score (nSPS) is 11.8. The second kappa shape index (κ2) is 8.47. The van der Waals surface area contributed by atoms with E-state index in [1.54, 1.807) is 18.2 Å². The lowest BCUT2D eigenvalue weighted by atomic mass is 10.0. The third kappa shape index (κ3) is 4.33. The number of anilines is 1. The quantitative estimate of drug-likeness (QED) is 0.592. The number of nitrogens with two attached hydrogens (primary N) is 1. The van der Waals surface area contributed by atoms with E-state index in [1.165, 1.54) is 25.6 Å². The van der Waals surface area contributed by atoms with Crippen molar-refractivity contribution in [2.24, 2.45) is 0 Å². The molecule has 128 valence electrons. The van der Waals surface area contributed by atoms with Crippen molar-refractivity contribution < 1.29 is 19.1 Å². The minimum Gasteiger partial charge on any atom is -0.467 e. The SMILES string of the molecule is COCC[C@H](NC(=O)c1ccc(N)cc1-c1cccs1)C(=O)OC. The van der Waals surface area contributed by atoms with Crippen molar-refractivity contribution in [3.8, 4) is 10.4 Å². The topological polar surface area (TPSA) is 90.6 Å². The van der Waals surface area contributed by atoms with Crippen molar-refractivity contribution in [3.63, 3.8) is 0 Å². The fourth-order valence-electron chi connectivity index (χ4n) is 2.26. The number of thiophene rings is 1. The van der Waals surface area contributed by atoms with E-state index < -0.39 is 12.0 Å². The summed E-state index contributed by atoms with van der Waals surface area (Å²) in [6, 6.07) is 8.12. The fourth-order valence-corrected chi connectivity index (χ4v) is 3.02. The number of rotatable bonds is 7. The predicted octanol–water partition coefficient (Wildman–Crippen LogP) is 2.31. The highest BCUT2D eigenvalue weighted by molar-refractivity contribution is 7.13. The second-order valence-corrected chi connectivity index (χ2v) is 6.06. The van der Waals surface area contributed by atoms with Gasteiger partial charge < -0.3 is 20.5 Å². The van der Waals surface area contributed by atoms with Gasteiger partial charge in [-0.2, -0.15) is 0 Å². The summed E-state index contributed by atoms with van der Waals surface area (Å²) in [4.78, 5) is 25.4. The molecule has 7 heteroatoms. The maximum atomic E-state index is 12.7. The van der Waals surface area contributed by atoms with Crippen molar-refractivity contribution in [2.75, 3.05) is 26.6 Å². The number of esters is 1. The van der Waals surface area contributed by atoms with Crippen molar-refractivity contribution in [1.82, 2.24) is 5.32 Å². The van der Waals surface area contributed by atoms with E-state index in [0.29, 0.717) is 24.3 Å². The number of amides is 1. The highest BCUT2D eigenvalue weighted by atomic mass is 32.1.